The molecule has 0 saturated carbocycles. The van der Waals surface area contributed by atoms with E-state index >= 15 is 0 Å². The van der Waals surface area contributed by atoms with Gasteiger partial charge in [0.1, 0.15) is 0 Å². The molecule has 0 radical (unpaired) electrons. The molecule has 20 heavy (non-hydrogen) atoms. The molecule has 0 aliphatic carbocycles. The minimum Gasteiger partial charge on any atom is -0.467 e. The van der Waals surface area contributed by atoms with Crippen molar-refractivity contribution in [3.8, 4) is 6.01 Å². The van der Waals surface area contributed by atoms with Crippen LogP contribution in [-0.2, 0) is 0 Å². The van der Waals surface area contributed by atoms with Gasteiger partial charge in [-0.1, -0.05) is 12.2 Å². The summed E-state index contributed by atoms with van der Waals surface area (Å²) in [6, 6.07) is 0.322. The average Bonchev–Trinajstić information content (AvgIpc) is 2.45. The van der Waals surface area contributed by atoms with Crippen LogP contribution in [0.25, 0.3) is 0 Å². The molecular formula is C11H17ClN6OS. The first kappa shape index (κ1) is 15.1. The van der Waals surface area contributed by atoms with Crippen molar-refractivity contribution in [1.29, 1.82) is 0 Å². The van der Waals surface area contributed by atoms with Gasteiger partial charge in [0.2, 0.25) is 11.2 Å². The Labute approximate surface area is 128 Å². The van der Waals surface area contributed by atoms with Gasteiger partial charge >= 0.3 is 6.01 Å². The lowest BCUT2D eigenvalue weighted by Crippen LogP contribution is -2.53. The molecule has 1 aliphatic rings. The molecule has 1 aliphatic heterocycles. The summed E-state index contributed by atoms with van der Waals surface area (Å²) < 4.78 is 5.00. The third-order valence-corrected chi connectivity index (χ3v) is 3.83. The summed E-state index contributed by atoms with van der Waals surface area (Å²) in [5.41, 5.74) is 5.68. The summed E-state index contributed by atoms with van der Waals surface area (Å²) in [4.78, 5) is 17.0. The highest BCUT2D eigenvalue weighted by molar-refractivity contribution is 7.80. The molecule has 7 nitrogen and oxygen atoms in total. The molecule has 0 amide bonds. The lowest BCUT2D eigenvalue weighted by molar-refractivity contribution is 0.238. The second-order valence-corrected chi connectivity index (χ2v) is 5.30. The van der Waals surface area contributed by atoms with Gasteiger partial charge in [0.25, 0.3) is 0 Å². The molecule has 1 atom stereocenters. The number of thiocarbonyl (C=S) groups is 1. The fourth-order valence-electron chi connectivity index (χ4n) is 2.04. The first-order valence-corrected chi connectivity index (χ1v) is 7.03. The molecule has 1 fully saturated rings. The van der Waals surface area contributed by atoms with Crippen molar-refractivity contribution in [2.75, 3.05) is 38.2 Å². The minimum absolute atomic E-state index is 0.101. The quantitative estimate of drug-likeness (QED) is 0.796. The second-order valence-electron chi connectivity index (χ2n) is 4.49. The maximum atomic E-state index is 5.86. The Morgan fingerprint density at radius 1 is 1.30 bits per heavy atom. The molecule has 0 spiro atoms. The van der Waals surface area contributed by atoms with Crippen molar-refractivity contribution in [2.24, 2.45) is 5.73 Å². The number of anilines is 1. The van der Waals surface area contributed by atoms with Crippen LogP contribution in [0.4, 0.5) is 5.95 Å². The number of hydrogen-bond acceptors (Lipinski definition) is 7. The fraction of sp³-hybridized carbons (Fsp3) is 0.636. The van der Waals surface area contributed by atoms with Gasteiger partial charge in [-0.05, 0) is 18.5 Å². The van der Waals surface area contributed by atoms with Crippen LogP contribution in [0.2, 0.25) is 5.28 Å². The number of aromatic nitrogens is 3. The zero-order valence-corrected chi connectivity index (χ0v) is 13.0. The van der Waals surface area contributed by atoms with Crippen LogP contribution in [-0.4, -0.2) is 64.2 Å². The number of piperazine rings is 1. The standard InChI is InChI=1S/C11H17ClN6OS/c1-7(8(13)20)17-3-5-18(6-4-17)10-14-9(12)15-11(16-10)19-2/h7H,3-6H2,1-2H3,(H2,13,20). The lowest BCUT2D eigenvalue weighted by Gasteiger charge is -2.37. The van der Waals surface area contributed by atoms with E-state index in [4.69, 9.17) is 34.3 Å². The zero-order chi connectivity index (χ0) is 14.7. The Hall–Kier alpha value is -1.25. The Morgan fingerprint density at radius 2 is 1.95 bits per heavy atom. The number of ether oxygens (including phenoxy) is 1. The largest absolute Gasteiger partial charge is 0.467 e. The van der Waals surface area contributed by atoms with Crippen molar-refractivity contribution in [3.05, 3.63) is 5.28 Å². The van der Waals surface area contributed by atoms with E-state index in [2.05, 4.69) is 19.9 Å². The molecule has 2 N–H and O–H groups in total. The third kappa shape index (κ3) is 3.44. The van der Waals surface area contributed by atoms with E-state index in [9.17, 15) is 0 Å². The Bertz CT molecular complexity index is 494. The maximum Gasteiger partial charge on any atom is 0.322 e. The minimum atomic E-state index is 0.101. The van der Waals surface area contributed by atoms with Gasteiger partial charge in [-0.3, -0.25) is 4.90 Å². The van der Waals surface area contributed by atoms with Crippen LogP contribution in [0.3, 0.4) is 0 Å². The molecule has 0 aromatic carbocycles. The van der Waals surface area contributed by atoms with Gasteiger partial charge in [-0.25, -0.2) is 0 Å². The van der Waals surface area contributed by atoms with Gasteiger partial charge in [0, 0.05) is 26.2 Å². The van der Waals surface area contributed by atoms with Crippen LogP contribution in [0.15, 0.2) is 0 Å². The number of halogens is 1. The SMILES string of the molecule is COc1nc(Cl)nc(N2CCN(C(C)C(N)=S)CC2)n1. The Balaban J connectivity index is 2.03. The molecule has 1 unspecified atom stereocenters. The van der Waals surface area contributed by atoms with Crippen molar-refractivity contribution in [1.82, 2.24) is 19.9 Å². The monoisotopic (exact) mass is 316 g/mol. The highest BCUT2D eigenvalue weighted by atomic mass is 35.5. The summed E-state index contributed by atoms with van der Waals surface area (Å²) in [5, 5.41) is 0.130. The lowest BCUT2D eigenvalue weighted by atomic mass is 10.2. The Kier molecular flexibility index (Phi) is 4.90. The topological polar surface area (TPSA) is 80.4 Å². The maximum absolute atomic E-state index is 5.86. The van der Waals surface area contributed by atoms with Crippen LogP contribution < -0.4 is 15.4 Å². The van der Waals surface area contributed by atoms with Crippen LogP contribution in [0, 0.1) is 0 Å². The highest BCUT2D eigenvalue weighted by Crippen LogP contribution is 2.17. The van der Waals surface area contributed by atoms with Gasteiger partial charge in [0.15, 0.2) is 0 Å². The summed E-state index contributed by atoms with van der Waals surface area (Å²) in [7, 11) is 1.50. The van der Waals surface area contributed by atoms with E-state index in [0.717, 1.165) is 26.2 Å². The number of nitrogens with zero attached hydrogens (tertiary/aromatic N) is 5. The number of methoxy groups -OCH3 is 1. The van der Waals surface area contributed by atoms with Gasteiger partial charge < -0.3 is 15.4 Å². The van der Waals surface area contributed by atoms with E-state index in [0.29, 0.717) is 10.9 Å². The predicted octanol–water partition coefficient (Wildman–Crippen LogP) is 0.330. The second kappa shape index (κ2) is 6.47. The van der Waals surface area contributed by atoms with Gasteiger partial charge in [-0.2, -0.15) is 15.0 Å². The highest BCUT2D eigenvalue weighted by Gasteiger charge is 2.24. The molecule has 2 rings (SSSR count). The Morgan fingerprint density at radius 3 is 2.50 bits per heavy atom. The molecule has 1 aromatic rings. The number of hydrogen-bond donors (Lipinski definition) is 1. The fourth-order valence-corrected chi connectivity index (χ4v) is 2.34. The van der Waals surface area contributed by atoms with Gasteiger partial charge in [0.05, 0.1) is 18.1 Å². The summed E-state index contributed by atoms with van der Waals surface area (Å²) in [6.45, 7) is 5.24. The normalized spacial score (nSPS) is 17.9. The molecule has 110 valence electrons. The van der Waals surface area contributed by atoms with E-state index in [1.54, 1.807) is 0 Å². The average molecular weight is 317 g/mol. The van der Waals surface area contributed by atoms with E-state index in [-0.39, 0.29) is 17.3 Å². The molecule has 2 heterocycles. The molecular weight excluding hydrogens is 300 g/mol. The summed E-state index contributed by atoms with van der Waals surface area (Å²) in [5.74, 6) is 0.532. The van der Waals surface area contributed by atoms with E-state index in [1.165, 1.54) is 7.11 Å². The molecule has 0 bridgehead atoms. The van der Waals surface area contributed by atoms with Crippen molar-refractivity contribution in [3.63, 3.8) is 0 Å². The molecule has 1 saturated heterocycles. The summed E-state index contributed by atoms with van der Waals surface area (Å²) in [6.07, 6.45) is 0. The molecule has 9 heteroatoms. The van der Waals surface area contributed by atoms with E-state index < -0.39 is 0 Å². The van der Waals surface area contributed by atoms with Gasteiger partial charge in [-0.15, -0.1) is 0 Å². The number of nitrogens with two attached hydrogens (primary N) is 1. The molecule has 1 aromatic heterocycles. The van der Waals surface area contributed by atoms with E-state index in [1.807, 2.05) is 11.8 Å². The van der Waals surface area contributed by atoms with Crippen LogP contribution in [0.5, 0.6) is 6.01 Å². The van der Waals surface area contributed by atoms with Crippen molar-refractivity contribution < 1.29 is 4.74 Å². The third-order valence-electron chi connectivity index (χ3n) is 3.31. The first-order valence-electron chi connectivity index (χ1n) is 6.25. The predicted molar refractivity (Wildman–Crippen MR) is 81.4 cm³/mol. The number of rotatable bonds is 4. The van der Waals surface area contributed by atoms with Crippen molar-refractivity contribution >= 4 is 34.8 Å². The van der Waals surface area contributed by atoms with Crippen LogP contribution in [0.1, 0.15) is 6.92 Å². The van der Waals surface area contributed by atoms with Crippen LogP contribution >= 0.6 is 23.8 Å². The smallest absolute Gasteiger partial charge is 0.322 e. The first-order chi connectivity index (χ1) is 9.51. The summed E-state index contributed by atoms with van der Waals surface area (Å²) >= 11 is 10.9. The zero-order valence-electron chi connectivity index (χ0n) is 11.4. The van der Waals surface area contributed by atoms with Crippen molar-refractivity contribution in [2.45, 2.75) is 13.0 Å².